The van der Waals surface area contributed by atoms with Gasteiger partial charge in [-0.3, -0.25) is 14.5 Å². The molecule has 3 rings (SSSR count). The SMILES string of the molecule is CN(OC[C@@H]1CN(c2cc(F)c(N3CCN(S(=O)(=O)CC#N)CC3)c(F)c2)C(=O)O1)C(=O)S. The van der Waals surface area contributed by atoms with Crippen molar-refractivity contribution in [3.8, 4) is 6.07 Å². The lowest BCUT2D eigenvalue weighted by atomic mass is 10.2. The topological polar surface area (TPSA) is 123 Å². The molecule has 33 heavy (non-hydrogen) atoms. The van der Waals surface area contributed by atoms with Gasteiger partial charge in [0, 0.05) is 45.4 Å². The maximum Gasteiger partial charge on any atom is 0.414 e. The summed E-state index contributed by atoms with van der Waals surface area (Å²) in [7, 11) is -2.41. The predicted octanol–water partition coefficient (Wildman–Crippen LogP) is 1.18. The predicted molar refractivity (Wildman–Crippen MR) is 115 cm³/mol. The van der Waals surface area contributed by atoms with Crippen LogP contribution in [0.1, 0.15) is 0 Å². The minimum Gasteiger partial charge on any atom is -0.441 e. The minimum absolute atomic E-state index is 0.0198. The molecular formula is C18H21F2N5O6S2. The van der Waals surface area contributed by atoms with Gasteiger partial charge in [0.25, 0.3) is 0 Å². The number of carbonyl (C=O) groups excluding carboxylic acids is 2. The van der Waals surface area contributed by atoms with Crippen LogP contribution < -0.4 is 9.80 Å². The van der Waals surface area contributed by atoms with Gasteiger partial charge in [-0.25, -0.2) is 27.1 Å². The lowest BCUT2D eigenvalue weighted by Gasteiger charge is -2.35. The molecule has 180 valence electrons. The van der Waals surface area contributed by atoms with E-state index in [0.717, 1.165) is 26.4 Å². The fraction of sp³-hybridized carbons (Fsp3) is 0.500. The summed E-state index contributed by atoms with van der Waals surface area (Å²) in [5, 5.41) is 8.83. The third-order valence-corrected chi connectivity index (χ3v) is 7.03. The van der Waals surface area contributed by atoms with Crippen LogP contribution in [-0.2, 0) is 19.6 Å². The largest absolute Gasteiger partial charge is 0.441 e. The normalized spacial score (nSPS) is 19.4. The maximum absolute atomic E-state index is 14.9. The van der Waals surface area contributed by atoms with Crippen LogP contribution in [0.4, 0.5) is 29.7 Å². The second-order valence-corrected chi connectivity index (χ2v) is 9.60. The Balaban J connectivity index is 1.68. The van der Waals surface area contributed by atoms with Crippen molar-refractivity contribution < 1.29 is 36.4 Å². The quantitative estimate of drug-likeness (QED) is 0.433. The van der Waals surface area contributed by atoms with Gasteiger partial charge in [0.2, 0.25) is 10.0 Å². The highest BCUT2D eigenvalue weighted by atomic mass is 32.2. The second kappa shape index (κ2) is 10.1. The summed E-state index contributed by atoms with van der Waals surface area (Å²) < 4.78 is 59.9. The van der Waals surface area contributed by atoms with E-state index in [-0.39, 0.29) is 50.7 Å². The van der Waals surface area contributed by atoms with Crippen molar-refractivity contribution in [3.63, 3.8) is 0 Å². The number of rotatable bonds is 7. The first-order valence-corrected chi connectivity index (χ1v) is 11.8. The smallest absolute Gasteiger partial charge is 0.414 e. The van der Waals surface area contributed by atoms with Gasteiger partial charge in [-0.15, -0.1) is 0 Å². The fourth-order valence-electron chi connectivity index (χ4n) is 3.44. The van der Waals surface area contributed by atoms with E-state index in [0.29, 0.717) is 0 Å². The molecule has 0 N–H and O–H groups in total. The van der Waals surface area contributed by atoms with Gasteiger partial charge in [0.1, 0.15) is 18.4 Å². The Labute approximate surface area is 194 Å². The van der Waals surface area contributed by atoms with Crippen molar-refractivity contribution in [1.82, 2.24) is 9.37 Å². The molecule has 2 amide bonds. The van der Waals surface area contributed by atoms with Crippen LogP contribution >= 0.6 is 12.6 Å². The molecule has 0 bridgehead atoms. The average Bonchev–Trinajstić information content (AvgIpc) is 3.12. The molecule has 0 spiro atoms. The van der Waals surface area contributed by atoms with Crippen molar-refractivity contribution >= 4 is 45.4 Å². The number of nitriles is 1. The minimum atomic E-state index is -3.74. The van der Waals surface area contributed by atoms with Crippen LogP contribution in [0.5, 0.6) is 0 Å². The molecule has 2 fully saturated rings. The van der Waals surface area contributed by atoms with Gasteiger partial charge in [-0.2, -0.15) is 9.57 Å². The molecule has 1 aromatic carbocycles. The monoisotopic (exact) mass is 505 g/mol. The molecule has 0 radical (unpaired) electrons. The average molecular weight is 506 g/mol. The van der Waals surface area contributed by atoms with Crippen LogP contribution in [0, 0.1) is 23.0 Å². The van der Waals surface area contributed by atoms with Gasteiger partial charge >= 0.3 is 11.3 Å². The number of piperazine rings is 1. The Hall–Kier alpha value is -2.67. The van der Waals surface area contributed by atoms with E-state index in [4.69, 9.17) is 14.8 Å². The Kier molecular flexibility index (Phi) is 7.62. The third kappa shape index (κ3) is 5.64. The Morgan fingerprint density at radius 2 is 1.91 bits per heavy atom. The molecule has 1 atom stereocenters. The molecule has 0 saturated carbocycles. The van der Waals surface area contributed by atoms with E-state index < -0.39 is 44.8 Å². The van der Waals surface area contributed by atoms with Gasteiger partial charge < -0.3 is 9.64 Å². The standard InChI is InChI=1S/C18H21F2N5O6S2/c1-22(18(27)32)30-11-13-10-25(17(26)31-13)12-8-14(19)16(15(20)9-12)23-3-5-24(6-4-23)33(28,29)7-2-21/h8-9,13H,3-7,10-11H2,1H3,(H,27,32)/t13-/m0/s1. The Morgan fingerprint density at radius 1 is 1.30 bits per heavy atom. The Morgan fingerprint density at radius 3 is 2.45 bits per heavy atom. The van der Waals surface area contributed by atoms with Gasteiger partial charge in [-0.05, 0) is 0 Å². The van der Waals surface area contributed by atoms with E-state index in [1.165, 1.54) is 11.9 Å². The lowest BCUT2D eigenvalue weighted by molar-refractivity contribution is -0.113. The highest BCUT2D eigenvalue weighted by Gasteiger charge is 2.35. The van der Waals surface area contributed by atoms with Crippen molar-refractivity contribution in [1.29, 1.82) is 5.26 Å². The van der Waals surface area contributed by atoms with Crippen molar-refractivity contribution in [3.05, 3.63) is 23.8 Å². The van der Waals surface area contributed by atoms with Crippen molar-refractivity contribution in [2.75, 3.05) is 61.9 Å². The number of cyclic esters (lactones) is 1. The highest BCUT2D eigenvalue weighted by molar-refractivity contribution is 7.96. The molecule has 2 aliphatic rings. The fourth-order valence-corrected chi connectivity index (χ4v) is 4.57. The summed E-state index contributed by atoms with van der Waals surface area (Å²) in [5.74, 6) is -2.51. The number of hydrogen-bond acceptors (Lipinski definition) is 8. The lowest BCUT2D eigenvalue weighted by Crippen LogP contribution is -2.49. The summed E-state index contributed by atoms with van der Waals surface area (Å²) in [4.78, 5) is 30.7. The van der Waals surface area contributed by atoms with E-state index in [1.54, 1.807) is 6.07 Å². The number of anilines is 2. The van der Waals surface area contributed by atoms with Crippen LogP contribution in [0.25, 0.3) is 0 Å². The van der Waals surface area contributed by atoms with Crippen LogP contribution in [0.3, 0.4) is 0 Å². The first-order chi connectivity index (χ1) is 15.5. The Bertz CT molecular complexity index is 1050. The maximum atomic E-state index is 14.9. The molecule has 0 unspecified atom stereocenters. The molecule has 2 saturated heterocycles. The molecule has 0 aliphatic carbocycles. The number of halogens is 2. The summed E-state index contributed by atoms with van der Waals surface area (Å²) >= 11 is 3.58. The van der Waals surface area contributed by atoms with Crippen LogP contribution in [0.2, 0.25) is 0 Å². The third-order valence-electron chi connectivity index (χ3n) is 5.11. The number of thiol groups is 1. The first-order valence-electron chi connectivity index (χ1n) is 9.70. The number of sulfonamides is 1. The molecule has 2 aliphatic heterocycles. The van der Waals surface area contributed by atoms with E-state index in [1.807, 2.05) is 0 Å². The number of ether oxygens (including phenoxy) is 1. The summed E-state index contributed by atoms with van der Waals surface area (Å²) in [5.41, 5.74) is -0.396. The zero-order valence-corrected chi connectivity index (χ0v) is 19.2. The zero-order valence-electron chi connectivity index (χ0n) is 17.5. The number of hydrogen-bond donors (Lipinski definition) is 1. The van der Waals surface area contributed by atoms with E-state index >= 15 is 0 Å². The number of carbonyl (C=O) groups is 2. The summed E-state index contributed by atoms with van der Waals surface area (Å²) in [6, 6.07) is 3.57. The van der Waals surface area contributed by atoms with Crippen molar-refractivity contribution in [2.45, 2.75) is 6.10 Å². The first kappa shape index (κ1) is 25.0. The zero-order chi connectivity index (χ0) is 24.3. The molecule has 11 nitrogen and oxygen atoms in total. The van der Waals surface area contributed by atoms with Gasteiger partial charge in [0.05, 0.1) is 18.3 Å². The van der Waals surface area contributed by atoms with Gasteiger partial charge in [-0.1, -0.05) is 12.6 Å². The second-order valence-electron chi connectivity index (χ2n) is 7.25. The molecular weight excluding hydrogens is 484 g/mol. The summed E-state index contributed by atoms with van der Waals surface area (Å²) in [6.45, 7) is -0.197. The molecule has 2 heterocycles. The number of amides is 2. The van der Waals surface area contributed by atoms with E-state index in [2.05, 4.69) is 12.6 Å². The number of benzene rings is 1. The van der Waals surface area contributed by atoms with Gasteiger partial charge in [0.15, 0.2) is 17.4 Å². The molecule has 15 heteroatoms. The van der Waals surface area contributed by atoms with Crippen LogP contribution in [-0.4, -0.2) is 87.4 Å². The summed E-state index contributed by atoms with van der Waals surface area (Å²) in [6.07, 6.45) is -1.60. The van der Waals surface area contributed by atoms with E-state index in [9.17, 15) is 26.8 Å². The van der Waals surface area contributed by atoms with Crippen molar-refractivity contribution in [2.24, 2.45) is 0 Å². The number of nitrogens with zero attached hydrogens (tertiary/aromatic N) is 5. The molecule has 0 aromatic heterocycles. The highest BCUT2D eigenvalue weighted by Crippen LogP contribution is 2.32. The van der Waals surface area contributed by atoms with Crippen LogP contribution in [0.15, 0.2) is 12.1 Å². The number of hydroxylamine groups is 2. The molecule has 1 aromatic rings.